The Balaban J connectivity index is 1.55. The van der Waals surface area contributed by atoms with Crippen molar-refractivity contribution in [3.63, 3.8) is 0 Å². The third kappa shape index (κ3) is 3.90. The molecule has 1 aromatic carbocycles. The van der Waals surface area contributed by atoms with Crippen LogP contribution in [0.4, 0.5) is 5.69 Å². The molecule has 23 heavy (non-hydrogen) atoms. The van der Waals surface area contributed by atoms with Crippen molar-refractivity contribution in [3.05, 3.63) is 35.0 Å². The molecular weight excluding hydrogens is 296 g/mol. The van der Waals surface area contributed by atoms with Gasteiger partial charge in [-0.05, 0) is 50.9 Å². The molecule has 6 heteroatoms. The predicted molar refractivity (Wildman–Crippen MR) is 84.4 cm³/mol. The van der Waals surface area contributed by atoms with E-state index in [1.165, 1.54) is 63.0 Å². The summed E-state index contributed by atoms with van der Waals surface area (Å²) in [4.78, 5) is 14.7. The Morgan fingerprint density at radius 3 is 2.70 bits per heavy atom. The van der Waals surface area contributed by atoms with Crippen molar-refractivity contribution in [3.8, 4) is 0 Å². The summed E-state index contributed by atoms with van der Waals surface area (Å²) in [5.41, 5.74) is 0.581. The van der Waals surface area contributed by atoms with E-state index in [4.69, 9.17) is 9.94 Å². The fraction of sp³-hybridized carbons (Fsp3) is 0.588. The zero-order chi connectivity index (χ0) is 16.2. The summed E-state index contributed by atoms with van der Waals surface area (Å²) < 4.78 is 5.50. The Morgan fingerprint density at radius 1 is 1.22 bits per heavy atom. The van der Waals surface area contributed by atoms with Crippen molar-refractivity contribution in [1.82, 2.24) is 4.90 Å². The molecule has 126 valence electrons. The van der Waals surface area contributed by atoms with E-state index in [0.29, 0.717) is 24.1 Å². The number of piperidine rings is 2. The molecule has 1 aromatic rings. The molecule has 0 saturated carbocycles. The first-order chi connectivity index (χ1) is 11.1. The van der Waals surface area contributed by atoms with E-state index in [9.17, 15) is 10.0 Å². The smallest absolute Gasteiger partial charge is 0.338 e. The molecule has 3 rings (SSSR count). The molecule has 1 unspecified atom stereocenters. The van der Waals surface area contributed by atoms with Gasteiger partial charge in [-0.15, -0.1) is 0 Å². The van der Waals surface area contributed by atoms with Crippen LogP contribution in [-0.2, 0) is 4.74 Å². The van der Waals surface area contributed by atoms with E-state index in [0.717, 1.165) is 6.42 Å². The molecular formula is C17H24N2O4. The summed E-state index contributed by atoms with van der Waals surface area (Å²) in [7, 11) is 0. The van der Waals surface area contributed by atoms with Gasteiger partial charge < -0.3 is 9.94 Å². The maximum Gasteiger partial charge on any atom is 0.338 e. The number of esters is 1. The molecule has 2 fully saturated rings. The highest BCUT2D eigenvalue weighted by molar-refractivity contribution is 5.89. The van der Waals surface area contributed by atoms with Crippen LogP contribution >= 0.6 is 0 Å². The van der Waals surface area contributed by atoms with Crippen molar-refractivity contribution in [2.24, 2.45) is 5.92 Å². The number of hydrogen-bond acceptors (Lipinski definition) is 5. The molecule has 0 radical (unpaired) electrons. The lowest BCUT2D eigenvalue weighted by molar-refractivity contribution is -0.991. The number of carbonyl (C=O) groups is 1. The first kappa shape index (κ1) is 16.4. The van der Waals surface area contributed by atoms with Crippen LogP contribution in [0, 0.1) is 11.1 Å². The van der Waals surface area contributed by atoms with Crippen molar-refractivity contribution >= 4 is 11.7 Å². The number of quaternary nitrogens is 1. The molecule has 0 bridgehead atoms. The molecule has 6 nitrogen and oxygen atoms in total. The van der Waals surface area contributed by atoms with Gasteiger partial charge in [-0.2, -0.15) is 5.23 Å². The van der Waals surface area contributed by atoms with Crippen molar-refractivity contribution in [2.45, 2.75) is 38.1 Å². The summed E-state index contributed by atoms with van der Waals surface area (Å²) in [5.74, 6) is 0.0566. The van der Waals surface area contributed by atoms with Crippen LogP contribution in [0.15, 0.2) is 24.3 Å². The van der Waals surface area contributed by atoms with Gasteiger partial charge >= 0.3 is 5.97 Å². The minimum Gasteiger partial charge on any atom is -0.595 e. The first-order valence-electron chi connectivity index (χ1n) is 8.39. The van der Waals surface area contributed by atoms with Crippen LogP contribution in [0.1, 0.15) is 42.5 Å². The van der Waals surface area contributed by atoms with Crippen LogP contribution < -0.4 is 5.23 Å². The Labute approximate surface area is 136 Å². The SMILES string of the molecule is O=C(OC[C@@H]1CCCN2CCCC[C@H]12)c1ccc([NH+]([O-])O)cc1. The molecule has 3 atom stereocenters. The summed E-state index contributed by atoms with van der Waals surface area (Å²) in [6, 6.07) is 6.45. The number of nitrogens with one attached hydrogen (secondary N) is 1. The zero-order valence-electron chi connectivity index (χ0n) is 13.2. The van der Waals surface area contributed by atoms with E-state index in [1.54, 1.807) is 0 Å². The monoisotopic (exact) mass is 320 g/mol. The van der Waals surface area contributed by atoms with Gasteiger partial charge in [-0.25, -0.2) is 10.0 Å². The second-order valence-corrected chi connectivity index (χ2v) is 6.48. The molecule has 2 aliphatic rings. The van der Waals surface area contributed by atoms with Gasteiger partial charge in [0.1, 0.15) is 0 Å². The minimum absolute atomic E-state index is 0.173. The highest BCUT2D eigenvalue weighted by Crippen LogP contribution is 2.31. The van der Waals surface area contributed by atoms with E-state index in [-0.39, 0.29) is 11.7 Å². The van der Waals surface area contributed by atoms with Crippen LogP contribution in [0.3, 0.4) is 0 Å². The molecule has 2 heterocycles. The number of rotatable bonds is 4. The van der Waals surface area contributed by atoms with Crippen molar-refractivity contribution in [2.75, 3.05) is 19.7 Å². The third-order valence-corrected chi connectivity index (χ3v) is 5.02. The van der Waals surface area contributed by atoms with Crippen LogP contribution in [0.2, 0.25) is 0 Å². The van der Waals surface area contributed by atoms with Gasteiger partial charge in [0.05, 0.1) is 12.2 Å². The average molecular weight is 320 g/mol. The quantitative estimate of drug-likeness (QED) is 0.649. The molecule has 0 aliphatic carbocycles. The number of carbonyl (C=O) groups excluding carboxylic acids is 1. The van der Waals surface area contributed by atoms with Crippen LogP contribution in [0.5, 0.6) is 0 Å². The maximum absolute atomic E-state index is 12.1. The topological polar surface area (TPSA) is 77.3 Å². The van der Waals surface area contributed by atoms with Crippen LogP contribution in [-0.4, -0.2) is 41.8 Å². The van der Waals surface area contributed by atoms with E-state index in [2.05, 4.69) is 4.90 Å². The highest BCUT2D eigenvalue weighted by atomic mass is 16.8. The average Bonchev–Trinajstić information content (AvgIpc) is 2.59. The highest BCUT2D eigenvalue weighted by Gasteiger charge is 2.33. The standard InChI is InChI=1S/C17H24N2O4/c20-17(13-6-8-15(9-7-13)19(21)22)23-12-14-4-3-11-18-10-2-1-5-16(14)18/h6-9,14,16,19,21H,1-5,10-12H2/t14-,16+/m0/s1. The number of hydrogen-bond donors (Lipinski definition) is 2. The zero-order valence-corrected chi connectivity index (χ0v) is 13.2. The van der Waals surface area contributed by atoms with E-state index < -0.39 is 5.23 Å². The number of fused-ring (bicyclic) bond motifs is 1. The fourth-order valence-corrected chi connectivity index (χ4v) is 3.79. The van der Waals surface area contributed by atoms with Gasteiger partial charge in [0, 0.05) is 24.1 Å². The van der Waals surface area contributed by atoms with Crippen molar-refractivity contribution < 1.29 is 20.0 Å². The summed E-state index contributed by atoms with van der Waals surface area (Å²) in [6.07, 6.45) is 6.04. The molecule has 2 saturated heterocycles. The number of benzene rings is 1. The summed E-state index contributed by atoms with van der Waals surface area (Å²) in [5, 5.41) is 18.7. The first-order valence-corrected chi connectivity index (χ1v) is 8.39. The normalized spacial score (nSPS) is 26.3. The van der Waals surface area contributed by atoms with Gasteiger partial charge in [0.15, 0.2) is 5.69 Å². The Kier molecular flexibility index (Phi) is 5.27. The second kappa shape index (κ2) is 7.40. The van der Waals surface area contributed by atoms with Gasteiger partial charge in [-0.1, -0.05) is 6.42 Å². The van der Waals surface area contributed by atoms with Gasteiger partial charge in [0.25, 0.3) is 0 Å². The number of ether oxygens (including phenoxy) is 1. The van der Waals surface area contributed by atoms with Crippen LogP contribution in [0.25, 0.3) is 0 Å². The lowest BCUT2D eigenvalue weighted by atomic mass is 9.84. The van der Waals surface area contributed by atoms with E-state index in [1.807, 2.05) is 0 Å². The Hall–Kier alpha value is -1.47. The summed E-state index contributed by atoms with van der Waals surface area (Å²) in [6.45, 7) is 2.80. The largest absolute Gasteiger partial charge is 0.595 e. The second-order valence-electron chi connectivity index (χ2n) is 6.48. The maximum atomic E-state index is 12.1. The molecule has 2 N–H and O–H groups in total. The minimum atomic E-state index is -0.996. The van der Waals surface area contributed by atoms with Crippen molar-refractivity contribution in [1.29, 1.82) is 0 Å². The lowest BCUT2D eigenvalue weighted by Crippen LogP contribution is -2.99. The molecule has 0 amide bonds. The predicted octanol–water partition coefficient (Wildman–Crippen LogP) is 1.51. The van der Waals surface area contributed by atoms with Gasteiger partial charge in [0.2, 0.25) is 0 Å². The summed E-state index contributed by atoms with van der Waals surface area (Å²) >= 11 is 0. The molecule has 2 aliphatic heterocycles. The van der Waals surface area contributed by atoms with Gasteiger partial charge in [-0.3, -0.25) is 4.90 Å². The third-order valence-electron chi connectivity index (χ3n) is 5.02. The fourth-order valence-electron chi connectivity index (χ4n) is 3.79. The molecule has 0 spiro atoms. The Morgan fingerprint density at radius 2 is 1.96 bits per heavy atom. The van der Waals surface area contributed by atoms with E-state index >= 15 is 0 Å². The Bertz CT molecular complexity index is 530. The lowest BCUT2D eigenvalue weighted by Gasteiger charge is -2.44. The molecule has 0 aromatic heterocycles. The number of nitrogens with zero attached hydrogens (tertiary/aromatic N) is 1.